The molecule has 2 unspecified atom stereocenters. The van der Waals surface area contributed by atoms with Gasteiger partial charge in [-0.2, -0.15) is 0 Å². The second-order valence-electron chi connectivity index (χ2n) is 22.2. The van der Waals surface area contributed by atoms with Crippen molar-refractivity contribution < 1.29 is 47.7 Å². The summed E-state index contributed by atoms with van der Waals surface area (Å²) < 4.78 is 21.7. The molecule has 0 aromatic heterocycles. The minimum Gasteiger partial charge on any atom is -0.465 e. The maximum atomic E-state index is 13.2. The lowest BCUT2D eigenvalue weighted by molar-refractivity contribution is -0.158. The molecule has 4 aliphatic rings. The van der Waals surface area contributed by atoms with Crippen LogP contribution in [-0.4, -0.2) is 60.9 Å². The molecule has 10 nitrogen and oxygen atoms in total. The summed E-state index contributed by atoms with van der Waals surface area (Å²) in [5.74, 6) is -1.28. The number of Topliss-reactive ketones (excluding diaryl/α,β-unsaturated/α-hetero) is 2. The molecule has 4 rings (SSSR count). The molecule has 0 heterocycles. The van der Waals surface area contributed by atoms with Crippen LogP contribution in [-0.2, 0) is 47.7 Å². The minimum absolute atomic E-state index is 0. The highest BCUT2D eigenvalue weighted by atomic mass is 16.6. The van der Waals surface area contributed by atoms with Crippen LogP contribution in [0.5, 0.6) is 0 Å². The summed E-state index contributed by atoms with van der Waals surface area (Å²) in [5, 5.41) is 0. The summed E-state index contributed by atoms with van der Waals surface area (Å²) in [5.41, 5.74) is 7.18. The van der Waals surface area contributed by atoms with Gasteiger partial charge in [0.15, 0.2) is 23.8 Å². The van der Waals surface area contributed by atoms with Crippen LogP contribution in [0.15, 0.2) is 130 Å². The molecule has 10 heteroatoms. The molecule has 0 saturated heterocycles. The van der Waals surface area contributed by atoms with Gasteiger partial charge in [0.05, 0.1) is 38.9 Å². The SMILES string of the molecule is C.C/C=C/C1=C(C)C(=O)C(OC(=O)CCC(=O)OCC2CCCCC2)CC1(C)C.CC(C)=C/C=C/C(C)=C/C=C/C=C(C)/C=C/C=C(C)/C=C/C1=C(C)C(=O)C(OC(=O)CCC(=O)OCC2CCCCC2)CC1(C)C. The summed E-state index contributed by atoms with van der Waals surface area (Å²) in [6, 6.07) is 0. The lowest BCUT2D eigenvalue weighted by Crippen LogP contribution is -2.39. The Bertz CT molecular complexity index is 2300. The zero-order valence-electron chi connectivity index (χ0n) is 47.2. The summed E-state index contributed by atoms with van der Waals surface area (Å²) in [4.78, 5) is 74.5. The van der Waals surface area contributed by atoms with Crippen molar-refractivity contribution in [2.45, 2.75) is 205 Å². The quantitative estimate of drug-likeness (QED) is 0.0620. The van der Waals surface area contributed by atoms with Gasteiger partial charge in [-0.3, -0.25) is 28.8 Å². The predicted molar refractivity (Wildman–Crippen MR) is 304 cm³/mol. The van der Waals surface area contributed by atoms with E-state index in [9.17, 15) is 28.8 Å². The fourth-order valence-electron chi connectivity index (χ4n) is 9.81. The molecule has 4 aliphatic carbocycles. The van der Waals surface area contributed by atoms with Crippen molar-refractivity contribution in [2.75, 3.05) is 13.2 Å². The van der Waals surface area contributed by atoms with E-state index in [4.69, 9.17) is 18.9 Å². The van der Waals surface area contributed by atoms with Crippen LogP contribution < -0.4 is 0 Å². The lowest BCUT2D eigenvalue weighted by atomic mass is 9.71. The van der Waals surface area contributed by atoms with E-state index in [0.717, 1.165) is 48.0 Å². The fraction of sp³-hybridized carbons (Fsp3) is 0.569. The Morgan fingerprint density at radius 1 is 0.507 bits per heavy atom. The van der Waals surface area contributed by atoms with E-state index >= 15 is 0 Å². The van der Waals surface area contributed by atoms with Gasteiger partial charge in [0, 0.05) is 12.8 Å². The number of hydrogen-bond acceptors (Lipinski definition) is 10. The van der Waals surface area contributed by atoms with Gasteiger partial charge in [-0.05, 0) is 126 Å². The van der Waals surface area contributed by atoms with E-state index in [0.29, 0.717) is 49.0 Å². The summed E-state index contributed by atoms with van der Waals surface area (Å²) in [6.07, 6.45) is 39.1. The molecule has 2 atom stereocenters. The monoisotopic (exact) mass is 1030 g/mol. The van der Waals surface area contributed by atoms with Gasteiger partial charge in [-0.15, -0.1) is 0 Å². The Morgan fingerprint density at radius 3 is 1.27 bits per heavy atom. The van der Waals surface area contributed by atoms with E-state index < -0.39 is 24.1 Å². The number of ether oxygens (including phenoxy) is 4. The molecule has 0 N–H and O–H groups in total. The third-order valence-corrected chi connectivity index (χ3v) is 14.2. The molecule has 0 amide bonds. The first-order chi connectivity index (χ1) is 35.0. The van der Waals surface area contributed by atoms with Gasteiger partial charge < -0.3 is 18.9 Å². The van der Waals surface area contributed by atoms with Gasteiger partial charge in [0.25, 0.3) is 0 Å². The first kappa shape index (κ1) is 65.5. The van der Waals surface area contributed by atoms with E-state index in [-0.39, 0.29) is 67.4 Å². The smallest absolute Gasteiger partial charge is 0.307 e. The number of rotatable bonds is 21. The van der Waals surface area contributed by atoms with Gasteiger partial charge >= 0.3 is 23.9 Å². The molecule has 75 heavy (non-hydrogen) atoms. The number of ketones is 2. The number of carbonyl (C=O) groups is 6. The van der Waals surface area contributed by atoms with E-state index in [2.05, 4.69) is 78.0 Å². The van der Waals surface area contributed by atoms with Crippen molar-refractivity contribution in [3.05, 3.63) is 130 Å². The Hall–Kier alpha value is -5.64. The molecule has 414 valence electrons. The zero-order valence-corrected chi connectivity index (χ0v) is 47.2. The highest BCUT2D eigenvalue weighted by Crippen LogP contribution is 2.42. The average Bonchev–Trinajstić information content (AvgIpc) is 3.35. The van der Waals surface area contributed by atoms with Crippen molar-refractivity contribution in [3.8, 4) is 0 Å². The van der Waals surface area contributed by atoms with Crippen molar-refractivity contribution in [3.63, 3.8) is 0 Å². The van der Waals surface area contributed by atoms with Crippen molar-refractivity contribution in [1.82, 2.24) is 0 Å². The lowest BCUT2D eigenvalue weighted by Gasteiger charge is -2.36. The molecule has 0 aliphatic heterocycles. The Morgan fingerprint density at radius 2 is 0.867 bits per heavy atom. The molecular formula is C65H94O10. The Kier molecular flexibility index (Phi) is 29.2. The molecule has 0 aromatic rings. The Balaban J connectivity index is 0.000000567. The van der Waals surface area contributed by atoms with Crippen LogP contribution in [0.1, 0.15) is 193 Å². The highest BCUT2D eigenvalue weighted by molar-refractivity contribution is 6.02. The number of carbonyl (C=O) groups excluding carboxylic acids is 6. The summed E-state index contributed by atoms with van der Waals surface area (Å²) in [6.45, 7) is 24.9. The van der Waals surface area contributed by atoms with Crippen molar-refractivity contribution in [2.24, 2.45) is 22.7 Å². The third-order valence-electron chi connectivity index (χ3n) is 14.2. The van der Waals surface area contributed by atoms with Gasteiger partial charge in [-0.1, -0.05) is 181 Å². The van der Waals surface area contributed by atoms with Crippen molar-refractivity contribution in [1.29, 1.82) is 0 Å². The Labute approximate surface area is 452 Å². The molecule has 2 fully saturated rings. The van der Waals surface area contributed by atoms with Crippen LogP contribution in [0.25, 0.3) is 0 Å². The summed E-state index contributed by atoms with van der Waals surface area (Å²) in [7, 11) is 0. The molecule has 0 spiro atoms. The predicted octanol–water partition coefficient (Wildman–Crippen LogP) is 15.5. The highest BCUT2D eigenvalue weighted by Gasteiger charge is 2.41. The van der Waals surface area contributed by atoms with Gasteiger partial charge in [-0.25, -0.2) is 0 Å². The van der Waals surface area contributed by atoms with Gasteiger partial charge in [0.2, 0.25) is 0 Å². The van der Waals surface area contributed by atoms with Crippen LogP contribution in [0.4, 0.5) is 0 Å². The van der Waals surface area contributed by atoms with Crippen LogP contribution in [0.3, 0.4) is 0 Å². The van der Waals surface area contributed by atoms with Crippen LogP contribution in [0, 0.1) is 22.7 Å². The molecule has 0 bridgehead atoms. The standard InChI is InChI=1S/C41H56O5.C23H34O5.CH4/c1-30(2)16-14-19-31(3)17-12-13-18-32(4)20-15-21-33(5)24-25-36-34(6)40(44)37(28-41(36,7)8)46-39(43)27-26-38(42)45-29-35-22-10-9-11-23-35;1-5-9-18-16(2)22(26)19(14-23(18,3)4)28-21(25)13-12-20(24)27-15-17-10-7-6-8-11-17;/h12-21,24-25,35,37H,9-11,22-23,26-29H2,1-8H3;5,9,17,19H,6-8,10-15H2,1-4H3;1H4/b13-12+,19-14+,20-15+,25-24+,31-17+,32-18+,33-21+;9-5+;. The largest absolute Gasteiger partial charge is 0.465 e. The molecule has 0 aromatic carbocycles. The zero-order chi connectivity index (χ0) is 54.8. The molecular weight excluding hydrogens is 941 g/mol. The van der Waals surface area contributed by atoms with Crippen LogP contribution >= 0.6 is 0 Å². The first-order valence-electron chi connectivity index (χ1n) is 27.2. The van der Waals surface area contributed by atoms with Gasteiger partial charge in [0.1, 0.15) is 0 Å². The minimum atomic E-state index is -0.848. The van der Waals surface area contributed by atoms with Crippen LogP contribution in [0.2, 0.25) is 0 Å². The fourth-order valence-corrected chi connectivity index (χ4v) is 9.81. The van der Waals surface area contributed by atoms with E-state index in [1.54, 1.807) is 13.8 Å². The average molecular weight is 1040 g/mol. The maximum absolute atomic E-state index is 13.2. The first-order valence-corrected chi connectivity index (χ1v) is 27.2. The maximum Gasteiger partial charge on any atom is 0.307 e. The normalized spacial score (nSPS) is 21.1. The topological polar surface area (TPSA) is 139 Å². The summed E-state index contributed by atoms with van der Waals surface area (Å²) >= 11 is 0. The number of esters is 4. The molecule has 2 saturated carbocycles. The number of allylic oxidation sites excluding steroid dienone is 20. The van der Waals surface area contributed by atoms with Crippen molar-refractivity contribution >= 4 is 35.4 Å². The second-order valence-corrected chi connectivity index (χ2v) is 22.2. The third kappa shape index (κ3) is 24.3. The number of hydrogen-bond donors (Lipinski definition) is 0. The second kappa shape index (κ2) is 33.4. The molecule has 0 radical (unpaired) electrons. The van der Waals surface area contributed by atoms with E-state index in [1.165, 1.54) is 49.7 Å². The van der Waals surface area contributed by atoms with E-state index in [1.807, 2.05) is 76.3 Å².